The average Bonchev–Trinajstić information content (AvgIpc) is 3.14. The molecule has 0 aromatic heterocycles. The second-order valence-electron chi connectivity index (χ2n) is 8.36. The minimum Gasteiger partial charge on any atom is -0.345 e. The van der Waals surface area contributed by atoms with Crippen LogP contribution in [-0.4, -0.2) is 60.6 Å². The van der Waals surface area contributed by atoms with Crippen molar-refractivity contribution >= 4 is 33.4 Å². The van der Waals surface area contributed by atoms with Gasteiger partial charge in [-0.15, -0.1) is 0 Å². The Balaban J connectivity index is 1.40. The molecule has 1 unspecified atom stereocenters. The largest absolute Gasteiger partial charge is 0.345 e. The molecule has 1 aromatic rings. The Bertz CT molecular complexity index is 829. The average molecular weight is 485 g/mol. The van der Waals surface area contributed by atoms with E-state index in [1.807, 2.05) is 12.1 Å². The third-order valence-corrected chi connectivity index (χ3v) is 5.49. The smallest absolute Gasteiger partial charge is 0.252 e. The van der Waals surface area contributed by atoms with Gasteiger partial charge in [-0.05, 0) is 52.0 Å². The van der Waals surface area contributed by atoms with E-state index in [9.17, 15) is 9.59 Å². The number of halogens is 1. The van der Waals surface area contributed by atoms with Crippen LogP contribution >= 0.6 is 15.9 Å². The standard InChI is InChI=1S/C20H25BrN2O7/c1-19(2)27-13-14(28-19)16-18(30-20(3,4)29-16)26-15(13)17(25)22-9-12(24)23-11-7-5-10(21)6-8-11/h5-8,13-16,18H,9H2,1-4H3,(H,22,25)(H,23,24)/t13-,14+,15?,16-,18-/m1/s1. The molecule has 2 amide bonds. The van der Waals surface area contributed by atoms with E-state index in [-0.39, 0.29) is 12.5 Å². The summed E-state index contributed by atoms with van der Waals surface area (Å²) >= 11 is 3.34. The van der Waals surface area contributed by atoms with Crippen molar-refractivity contribution in [3.05, 3.63) is 28.7 Å². The third-order valence-electron chi connectivity index (χ3n) is 4.96. The molecule has 1 aromatic carbocycles. The number of benzene rings is 1. The Hall–Kier alpha value is -1.56. The molecule has 3 aliphatic heterocycles. The van der Waals surface area contributed by atoms with Gasteiger partial charge in [-0.3, -0.25) is 9.59 Å². The van der Waals surface area contributed by atoms with Gasteiger partial charge in [0.15, 0.2) is 24.0 Å². The van der Waals surface area contributed by atoms with E-state index in [2.05, 4.69) is 26.6 Å². The number of ether oxygens (including phenoxy) is 5. The molecule has 4 rings (SSSR count). The summed E-state index contributed by atoms with van der Waals surface area (Å²) in [5.41, 5.74) is 0.627. The molecule has 3 saturated heterocycles. The van der Waals surface area contributed by atoms with E-state index in [1.54, 1.807) is 39.8 Å². The highest BCUT2D eigenvalue weighted by atomic mass is 79.9. The molecule has 0 radical (unpaired) electrons. The van der Waals surface area contributed by atoms with Gasteiger partial charge in [0.25, 0.3) is 5.91 Å². The third kappa shape index (κ3) is 4.53. The van der Waals surface area contributed by atoms with Crippen molar-refractivity contribution in [2.45, 2.75) is 70.0 Å². The minimum absolute atomic E-state index is 0.215. The first-order valence-electron chi connectivity index (χ1n) is 9.73. The number of anilines is 1. The zero-order chi connectivity index (χ0) is 21.7. The predicted molar refractivity (Wildman–Crippen MR) is 108 cm³/mol. The summed E-state index contributed by atoms with van der Waals surface area (Å²) in [7, 11) is 0. The molecule has 3 fully saturated rings. The molecule has 3 aliphatic rings. The van der Waals surface area contributed by atoms with E-state index in [4.69, 9.17) is 23.7 Å². The van der Waals surface area contributed by atoms with Crippen LogP contribution in [0.3, 0.4) is 0 Å². The van der Waals surface area contributed by atoms with Crippen LogP contribution in [0.2, 0.25) is 0 Å². The first kappa shape index (κ1) is 21.7. The van der Waals surface area contributed by atoms with Gasteiger partial charge >= 0.3 is 0 Å². The number of carbonyl (C=O) groups is 2. The predicted octanol–water partition coefficient (Wildman–Crippen LogP) is 1.90. The Morgan fingerprint density at radius 2 is 1.53 bits per heavy atom. The van der Waals surface area contributed by atoms with Gasteiger partial charge in [-0.25, -0.2) is 0 Å². The van der Waals surface area contributed by atoms with Gasteiger partial charge in [0.05, 0.1) is 6.54 Å². The Morgan fingerprint density at radius 1 is 0.933 bits per heavy atom. The van der Waals surface area contributed by atoms with E-state index < -0.39 is 48.2 Å². The molecule has 3 heterocycles. The van der Waals surface area contributed by atoms with Crippen LogP contribution in [0.5, 0.6) is 0 Å². The first-order valence-corrected chi connectivity index (χ1v) is 10.5. The molecular weight excluding hydrogens is 460 g/mol. The maximum atomic E-state index is 12.8. The minimum atomic E-state index is -1.00. The fourth-order valence-corrected chi connectivity index (χ4v) is 4.09. The molecule has 30 heavy (non-hydrogen) atoms. The van der Waals surface area contributed by atoms with Gasteiger partial charge < -0.3 is 34.3 Å². The van der Waals surface area contributed by atoms with Crippen molar-refractivity contribution < 1.29 is 33.3 Å². The maximum absolute atomic E-state index is 12.8. The van der Waals surface area contributed by atoms with Gasteiger partial charge in [0.1, 0.15) is 18.3 Å². The summed E-state index contributed by atoms with van der Waals surface area (Å²) in [6, 6.07) is 7.13. The van der Waals surface area contributed by atoms with Crippen LogP contribution in [0, 0.1) is 0 Å². The number of hydrogen-bond acceptors (Lipinski definition) is 7. The Kier molecular flexibility index (Phi) is 5.67. The summed E-state index contributed by atoms with van der Waals surface area (Å²) in [6.07, 6.45) is -3.51. The van der Waals surface area contributed by atoms with E-state index in [1.165, 1.54) is 0 Å². The summed E-state index contributed by atoms with van der Waals surface area (Å²) in [4.78, 5) is 25.1. The van der Waals surface area contributed by atoms with Crippen molar-refractivity contribution in [3.8, 4) is 0 Å². The molecule has 164 valence electrons. The summed E-state index contributed by atoms with van der Waals surface area (Å²) in [5, 5.41) is 5.33. The molecule has 9 nitrogen and oxygen atoms in total. The quantitative estimate of drug-likeness (QED) is 0.672. The van der Waals surface area contributed by atoms with Crippen LogP contribution in [-0.2, 0) is 33.3 Å². The summed E-state index contributed by atoms with van der Waals surface area (Å²) < 4.78 is 30.4. The van der Waals surface area contributed by atoms with Crippen LogP contribution in [0.15, 0.2) is 28.7 Å². The van der Waals surface area contributed by atoms with E-state index in [0.717, 1.165) is 4.47 Å². The Morgan fingerprint density at radius 3 is 2.23 bits per heavy atom. The summed E-state index contributed by atoms with van der Waals surface area (Å²) in [6.45, 7) is 6.86. The Labute approximate surface area is 182 Å². The van der Waals surface area contributed by atoms with Crippen LogP contribution in [0.4, 0.5) is 5.69 Å². The first-order chi connectivity index (χ1) is 14.0. The van der Waals surface area contributed by atoms with Crippen molar-refractivity contribution in [3.63, 3.8) is 0 Å². The summed E-state index contributed by atoms with van der Waals surface area (Å²) in [5.74, 6) is -2.61. The SMILES string of the molecule is CC1(C)O[C@H]2OC(C(=O)NCC(=O)Nc3ccc(Br)cc3)[C@@H]3OC(C)(C)O[C@@H]3[C@H]2O1. The maximum Gasteiger partial charge on any atom is 0.252 e. The lowest BCUT2D eigenvalue weighted by Crippen LogP contribution is -2.59. The van der Waals surface area contributed by atoms with Gasteiger partial charge in [0, 0.05) is 10.2 Å². The lowest BCUT2D eigenvalue weighted by atomic mass is 9.98. The second kappa shape index (κ2) is 7.85. The monoisotopic (exact) mass is 484 g/mol. The molecule has 0 saturated carbocycles. The van der Waals surface area contributed by atoms with Crippen LogP contribution in [0.1, 0.15) is 27.7 Å². The fraction of sp³-hybridized carbons (Fsp3) is 0.600. The molecular formula is C20H25BrN2O7. The van der Waals surface area contributed by atoms with Crippen LogP contribution in [0.25, 0.3) is 0 Å². The normalized spacial score (nSPS) is 33.4. The number of nitrogens with one attached hydrogen (secondary N) is 2. The van der Waals surface area contributed by atoms with Crippen LogP contribution < -0.4 is 10.6 Å². The highest BCUT2D eigenvalue weighted by Crippen LogP contribution is 2.44. The highest BCUT2D eigenvalue weighted by Gasteiger charge is 2.62. The topological polar surface area (TPSA) is 104 Å². The molecule has 0 bridgehead atoms. The van der Waals surface area contributed by atoms with Gasteiger partial charge in [-0.2, -0.15) is 0 Å². The number of hydrogen-bond donors (Lipinski definition) is 2. The number of rotatable bonds is 4. The molecule has 0 aliphatic carbocycles. The lowest BCUT2D eigenvalue weighted by Gasteiger charge is -2.36. The number of fused-ring (bicyclic) bond motifs is 3. The second-order valence-corrected chi connectivity index (χ2v) is 9.28. The molecule has 10 heteroatoms. The molecule has 2 N–H and O–H groups in total. The van der Waals surface area contributed by atoms with Crippen molar-refractivity contribution in [2.75, 3.05) is 11.9 Å². The number of amides is 2. The zero-order valence-electron chi connectivity index (χ0n) is 17.1. The lowest BCUT2D eigenvalue weighted by molar-refractivity contribution is -0.231. The number of carbonyl (C=O) groups excluding carboxylic acids is 2. The van der Waals surface area contributed by atoms with Gasteiger partial charge in [0.2, 0.25) is 5.91 Å². The van der Waals surface area contributed by atoms with Crippen molar-refractivity contribution in [1.29, 1.82) is 0 Å². The van der Waals surface area contributed by atoms with Crippen molar-refractivity contribution in [2.24, 2.45) is 0 Å². The van der Waals surface area contributed by atoms with Gasteiger partial charge in [-0.1, -0.05) is 15.9 Å². The van der Waals surface area contributed by atoms with E-state index in [0.29, 0.717) is 5.69 Å². The molecule has 5 atom stereocenters. The highest BCUT2D eigenvalue weighted by molar-refractivity contribution is 9.10. The van der Waals surface area contributed by atoms with E-state index >= 15 is 0 Å². The fourth-order valence-electron chi connectivity index (χ4n) is 3.83. The van der Waals surface area contributed by atoms with Crippen molar-refractivity contribution in [1.82, 2.24) is 5.32 Å². The molecule has 0 spiro atoms. The zero-order valence-corrected chi connectivity index (χ0v) is 18.7.